The van der Waals surface area contributed by atoms with E-state index in [1.54, 1.807) is 0 Å². The van der Waals surface area contributed by atoms with E-state index in [0.29, 0.717) is 0 Å². The average molecular weight is 232 g/mol. The quantitative estimate of drug-likeness (QED) is 0.594. The van der Waals surface area contributed by atoms with Gasteiger partial charge in [0.25, 0.3) is 0 Å². The molecule has 1 rings (SSSR count). The van der Waals surface area contributed by atoms with Crippen molar-refractivity contribution in [2.75, 3.05) is 5.75 Å². The van der Waals surface area contributed by atoms with Gasteiger partial charge in [0.05, 0.1) is 0 Å². The molecule has 0 amide bonds. The molecule has 0 bridgehead atoms. The highest BCUT2D eigenvalue weighted by molar-refractivity contribution is 8.00. The van der Waals surface area contributed by atoms with Crippen molar-refractivity contribution < 1.29 is 0 Å². The molecular weight excluding hydrogens is 200 g/mol. The topological polar surface area (TPSA) is 0 Å². The predicted octanol–water partition coefficient (Wildman–Crippen LogP) is 5.76. The number of rotatable bonds is 4. The first-order valence-electron chi connectivity index (χ1n) is 7.00. The van der Waals surface area contributed by atoms with Crippen LogP contribution >= 0.6 is 11.8 Å². The summed E-state index contributed by atoms with van der Waals surface area (Å²) in [7, 11) is 0. The van der Waals surface area contributed by atoms with Crippen molar-refractivity contribution in [2.24, 2.45) is 5.92 Å². The van der Waals surface area contributed by atoms with Gasteiger partial charge in [-0.2, -0.15) is 11.8 Å². The average Bonchev–Trinajstić information content (AvgIpc) is 2.73. The molecule has 1 aliphatic rings. The second kappa shape index (κ2) is 14.3. The zero-order valence-electron chi connectivity index (χ0n) is 11.8. The van der Waals surface area contributed by atoms with E-state index in [1.807, 2.05) is 27.7 Å². The molecule has 0 saturated carbocycles. The zero-order valence-corrected chi connectivity index (χ0v) is 12.6. The van der Waals surface area contributed by atoms with Crippen LogP contribution in [0.2, 0.25) is 0 Å². The van der Waals surface area contributed by atoms with Crippen LogP contribution in [0.15, 0.2) is 0 Å². The van der Waals surface area contributed by atoms with E-state index >= 15 is 0 Å². The maximum atomic E-state index is 2.31. The minimum absolute atomic E-state index is 1.01. The summed E-state index contributed by atoms with van der Waals surface area (Å²) in [6.45, 7) is 12.6. The molecular formula is C14H32S. The van der Waals surface area contributed by atoms with Gasteiger partial charge >= 0.3 is 0 Å². The summed E-state index contributed by atoms with van der Waals surface area (Å²) in [6.07, 6.45) is 7.17. The van der Waals surface area contributed by atoms with E-state index in [1.165, 1.54) is 37.9 Å². The van der Waals surface area contributed by atoms with Gasteiger partial charge in [-0.3, -0.25) is 0 Å². The summed E-state index contributed by atoms with van der Waals surface area (Å²) in [5, 5.41) is 1.01. The largest absolute Gasteiger partial charge is 0.158 e. The molecule has 0 aromatic carbocycles. The van der Waals surface area contributed by atoms with Crippen LogP contribution in [0.5, 0.6) is 0 Å². The minimum Gasteiger partial charge on any atom is -0.158 e. The third kappa shape index (κ3) is 8.19. The molecule has 1 heterocycles. The van der Waals surface area contributed by atoms with Crippen LogP contribution < -0.4 is 0 Å². The molecule has 2 unspecified atom stereocenters. The Morgan fingerprint density at radius 3 is 1.93 bits per heavy atom. The molecule has 0 nitrogen and oxygen atoms in total. The zero-order chi connectivity index (χ0) is 12.1. The Morgan fingerprint density at radius 2 is 1.47 bits per heavy atom. The molecule has 1 aliphatic heterocycles. The summed E-state index contributed by atoms with van der Waals surface area (Å²) in [6, 6.07) is 0. The van der Waals surface area contributed by atoms with Crippen LogP contribution in [0, 0.1) is 5.92 Å². The third-order valence-electron chi connectivity index (χ3n) is 2.58. The van der Waals surface area contributed by atoms with Gasteiger partial charge in [0.2, 0.25) is 0 Å². The Morgan fingerprint density at radius 1 is 0.933 bits per heavy atom. The molecule has 0 aromatic heterocycles. The monoisotopic (exact) mass is 232 g/mol. The van der Waals surface area contributed by atoms with E-state index < -0.39 is 0 Å². The van der Waals surface area contributed by atoms with Crippen molar-refractivity contribution in [1.82, 2.24) is 0 Å². The van der Waals surface area contributed by atoms with Crippen molar-refractivity contribution in [2.45, 2.75) is 78.9 Å². The van der Waals surface area contributed by atoms with E-state index in [0.717, 1.165) is 11.2 Å². The molecule has 2 atom stereocenters. The molecule has 1 heteroatoms. The fraction of sp³-hybridized carbons (Fsp3) is 1.00. The van der Waals surface area contributed by atoms with Crippen LogP contribution in [0.25, 0.3) is 0 Å². The van der Waals surface area contributed by atoms with E-state index in [4.69, 9.17) is 0 Å². The van der Waals surface area contributed by atoms with Crippen molar-refractivity contribution >= 4 is 11.8 Å². The van der Waals surface area contributed by atoms with Gasteiger partial charge in [-0.25, -0.2) is 0 Å². The van der Waals surface area contributed by atoms with Crippen LogP contribution in [-0.2, 0) is 0 Å². The van der Waals surface area contributed by atoms with Crippen molar-refractivity contribution in [1.29, 1.82) is 0 Å². The van der Waals surface area contributed by atoms with Gasteiger partial charge in [-0.15, -0.1) is 0 Å². The number of hydrogen-bond donors (Lipinski definition) is 0. The molecule has 0 spiro atoms. The second-order valence-corrected chi connectivity index (χ2v) is 4.88. The standard InChI is InChI=1S/C10H20S.2C2H6/c1-3-5-9-7-8-11-10(9)6-4-2;2*1-2/h9-10H,3-8H2,1-2H3;2*1-2H3. The molecule has 0 radical (unpaired) electrons. The normalized spacial score (nSPS) is 23.6. The first-order chi connectivity index (χ1) is 7.38. The Hall–Kier alpha value is 0.350. The molecule has 0 aliphatic carbocycles. The van der Waals surface area contributed by atoms with Crippen LogP contribution in [0.1, 0.15) is 73.6 Å². The van der Waals surface area contributed by atoms with Crippen LogP contribution in [0.3, 0.4) is 0 Å². The first-order valence-corrected chi connectivity index (χ1v) is 8.05. The first kappa shape index (κ1) is 17.7. The molecule has 1 saturated heterocycles. The highest BCUT2D eigenvalue weighted by atomic mass is 32.2. The maximum Gasteiger partial charge on any atom is 0.00755 e. The fourth-order valence-electron chi connectivity index (χ4n) is 2.00. The lowest BCUT2D eigenvalue weighted by molar-refractivity contribution is 0.451. The molecule has 1 fully saturated rings. The van der Waals surface area contributed by atoms with Crippen molar-refractivity contribution in [3.8, 4) is 0 Å². The fourth-order valence-corrected chi connectivity index (χ4v) is 3.69. The Kier molecular flexibility index (Phi) is 17.0. The molecule has 0 aromatic rings. The number of hydrogen-bond acceptors (Lipinski definition) is 1. The molecule has 94 valence electrons. The Labute approximate surface area is 103 Å². The SMILES string of the molecule is CC.CC.CCCC1CCSC1CCC. The second-order valence-electron chi connectivity index (χ2n) is 3.54. The number of thioether (sulfide) groups is 1. The summed E-state index contributed by atoms with van der Waals surface area (Å²) in [4.78, 5) is 0. The van der Waals surface area contributed by atoms with Gasteiger partial charge < -0.3 is 0 Å². The smallest absolute Gasteiger partial charge is 0.00755 e. The Balaban J connectivity index is 0. The minimum atomic E-state index is 1.01. The summed E-state index contributed by atoms with van der Waals surface area (Å²) in [5.41, 5.74) is 0. The molecule has 0 N–H and O–H groups in total. The lowest BCUT2D eigenvalue weighted by Crippen LogP contribution is -2.10. The van der Waals surface area contributed by atoms with Gasteiger partial charge in [0.1, 0.15) is 0 Å². The maximum absolute atomic E-state index is 2.31. The van der Waals surface area contributed by atoms with Gasteiger partial charge in [0.15, 0.2) is 0 Å². The third-order valence-corrected chi connectivity index (χ3v) is 4.10. The summed E-state index contributed by atoms with van der Waals surface area (Å²) in [5.74, 6) is 2.49. The van der Waals surface area contributed by atoms with Crippen LogP contribution in [-0.4, -0.2) is 11.0 Å². The predicted molar refractivity (Wildman–Crippen MR) is 76.9 cm³/mol. The van der Waals surface area contributed by atoms with Crippen molar-refractivity contribution in [3.05, 3.63) is 0 Å². The van der Waals surface area contributed by atoms with Crippen molar-refractivity contribution in [3.63, 3.8) is 0 Å². The Bertz CT molecular complexity index is 89.5. The van der Waals surface area contributed by atoms with Gasteiger partial charge in [-0.05, 0) is 30.9 Å². The van der Waals surface area contributed by atoms with E-state index in [-0.39, 0.29) is 0 Å². The molecule has 15 heavy (non-hydrogen) atoms. The highest BCUT2D eigenvalue weighted by Crippen LogP contribution is 2.37. The van der Waals surface area contributed by atoms with Gasteiger partial charge in [0, 0.05) is 5.25 Å². The lowest BCUT2D eigenvalue weighted by Gasteiger charge is -2.16. The van der Waals surface area contributed by atoms with E-state index in [9.17, 15) is 0 Å². The lowest BCUT2D eigenvalue weighted by atomic mass is 9.95. The highest BCUT2D eigenvalue weighted by Gasteiger charge is 2.25. The van der Waals surface area contributed by atoms with Crippen LogP contribution in [0.4, 0.5) is 0 Å². The summed E-state index contributed by atoms with van der Waals surface area (Å²) < 4.78 is 0. The van der Waals surface area contributed by atoms with E-state index in [2.05, 4.69) is 25.6 Å². The van der Waals surface area contributed by atoms with Gasteiger partial charge in [-0.1, -0.05) is 54.4 Å². The summed E-state index contributed by atoms with van der Waals surface area (Å²) >= 11 is 2.22.